The fraction of sp³-hybridized carbons (Fsp3) is 0.133. The molecule has 0 aliphatic carbocycles. The quantitative estimate of drug-likeness (QED) is 0.807. The van der Waals surface area contributed by atoms with Gasteiger partial charge in [0.25, 0.3) is 5.91 Å². The van der Waals surface area contributed by atoms with Crippen LogP contribution in [0.5, 0.6) is 0 Å². The summed E-state index contributed by atoms with van der Waals surface area (Å²) in [5.41, 5.74) is 1.80. The number of halogens is 1. The Morgan fingerprint density at radius 1 is 1.23 bits per heavy atom. The monoisotopic (exact) mass is 299 g/mol. The lowest BCUT2D eigenvalue weighted by atomic mass is 10.2. The number of rotatable bonds is 3. The molecule has 22 heavy (non-hydrogen) atoms. The molecular weight excluding hydrogens is 285 g/mol. The van der Waals surface area contributed by atoms with Crippen LogP contribution < -0.4 is 5.32 Å². The largest absolute Gasteiger partial charge is 0.305 e. The lowest BCUT2D eigenvalue weighted by Gasteiger charge is -2.05. The summed E-state index contributed by atoms with van der Waals surface area (Å²) in [5, 5.41) is 11.0. The second-order valence-electron chi connectivity index (χ2n) is 4.86. The molecule has 0 atom stereocenters. The van der Waals surface area contributed by atoms with Crippen LogP contribution >= 0.6 is 0 Å². The van der Waals surface area contributed by atoms with Crippen molar-refractivity contribution in [2.45, 2.75) is 6.92 Å². The summed E-state index contributed by atoms with van der Waals surface area (Å²) < 4.78 is 16.2. The predicted octanol–water partition coefficient (Wildman–Crippen LogP) is 2.31. The van der Waals surface area contributed by atoms with E-state index in [-0.39, 0.29) is 11.7 Å². The summed E-state index contributed by atoms with van der Waals surface area (Å²) in [6.07, 6.45) is 3.22. The van der Waals surface area contributed by atoms with Crippen LogP contribution in [-0.4, -0.2) is 25.5 Å². The molecular formula is C15H14FN5O. The zero-order valence-corrected chi connectivity index (χ0v) is 12.1. The molecule has 0 spiro atoms. The molecule has 2 heterocycles. The van der Waals surface area contributed by atoms with Crippen LogP contribution in [0.1, 0.15) is 16.1 Å². The van der Waals surface area contributed by atoms with E-state index in [1.54, 1.807) is 47.7 Å². The second kappa shape index (κ2) is 5.44. The number of anilines is 1. The van der Waals surface area contributed by atoms with Crippen molar-refractivity contribution in [3.63, 3.8) is 0 Å². The third kappa shape index (κ3) is 2.60. The van der Waals surface area contributed by atoms with Crippen LogP contribution in [0.4, 0.5) is 10.2 Å². The average Bonchev–Trinajstić information content (AvgIpc) is 3.06. The van der Waals surface area contributed by atoms with Gasteiger partial charge in [0.1, 0.15) is 5.82 Å². The van der Waals surface area contributed by atoms with E-state index in [1.807, 2.05) is 0 Å². The Labute approximate surface area is 126 Å². The molecule has 0 aliphatic heterocycles. The molecule has 1 N–H and O–H groups in total. The van der Waals surface area contributed by atoms with E-state index in [0.717, 1.165) is 0 Å². The number of hydrogen-bond donors (Lipinski definition) is 1. The molecule has 0 saturated heterocycles. The topological polar surface area (TPSA) is 64.7 Å². The molecule has 1 amide bonds. The minimum atomic E-state index is -0.318. The van der Waals surface area contributed by atoms with Crippen molar-refractivity contribution in [1.29, 1.82) is 0 Å². The van der Waals surface area contributed by atoms with Gasteiger partial charge < -0.3 is 5.32 Å². The van der Waals surface area contributed by atoms with Gasteiger partial charge in [-0.15, -0.1) is 0 Å². The van der Waals surface area contributed by atoms with Gasteiger partial charge in [0.15, 0.2) is 5.82 Å². The lowest BCUT2D eigenvalue weighted by Crippen LogP contribution is -2.13. The van der Waals surface area contributed by atoms with Crippen molar-refractivity contribution in [3.05, 3.63) is 59.8 Å². The van der Waals surface area contributed by atoms with Crippen LogP contribution in [-0.2, 0) is 7.05 Å². The highest BCUT2D eigenvalue weighted by molar-refractivity contribution is 6.04. The Hall–Kier alpha value is -2.96. The highest BCUT2D eigenvalue weighted by atomic mass is 19.1. The fourth-order valence-electron chi connectivity index (χ4n) is 2.14. The summed E-state index contributed by atoms with van der Waals surface area (Å²) in [5.74, 6) is -0.132. The third-order valence-corrected chi connectivity index (χ3v) is 3.28. The maximum absolute atomic E-state index is 13.0. The first-order valence-corrected chi connectivity index (χ1v) is 6.66. The van der Waals surface area contributed by atoms with Crippen molar-refractivity contribution in [2.24, 2.45) is 7.05 Å². The number of carbonyl (C=O) groups excluding carboxylic acids is 1. The van der Waals surface area contributed by atoms with Gasteiger partial charge in [0, 0.05) is 19.3 Å². The number of benzene rings is 1. The fourth-order valence-corrected chi connectivity index (χ4v) is 2.14. The van der Waals surface area contributed by atoms with E-state index in [1.165, 1.54) is 18.3 Å². The van der Waals surface area contributed by atoms with Crippen molar-refractivity contribution in [3.8, 4) is 5.69 Å². The van der Waals surface area contributed by atoms with E-state index in [4.69, 9.17) is 0 Å². The maximum Gasteiger partial charge on any atom is 0.260 e. The molecule has 0 bridgehead atoms. The van der Waals surface area contributed by atoms with E-state index in [2.05, 4.69) is 15.5 Å². The first kappa shape index (κ1) is 14.0. The first-order chi connectivity index (χ1) is 10.5. The van der Waals surface area contributed by atoms with Gasteiger partial charge in [-0.25, -0.2) is 9.07 Å². The summed E-state index contributed by atoms with van der Waals surface area (Å²) in [6, 6.07) is 7.62. The summed E-state index contributed by atoms with van der Waals surface area (Å²) in [4.78, 5) is 12.3. The van der Waals surface area contributed by atoms with E-state index in [0.29, 0.717) is 22.8 Å². The molecule has 2 aromatic heterocycles. The molecule has 0 aliphatic rings. The van der Waals surface area contributed by atoms with E-state index < -0.39 is 0 Å². The smallest absolute Gasteiger partial charge is 0.260 e. The number of nitrogens with one attached hydrogen (secondary N) is 1. The van der Waals surface area contributed by atoms with Gasteiger partial charge in [-0.05, 0) is 31.2 Å². The SMILES string of the molecule is Cc1c(C(=O)Nc2ccn(C)n2)cnn1-c1ccc(F)cc1. The van der Waals surface area contributed by atoms with Crippen molar-refractivity contribution < 1.29 is 9.18 Å². The second-order valence-corrected chi connectivity index (χ2v) is 4.86. The Bertz CT molecular complexity index is 819. The summed E-state index contributed by atoms with van der Waals surface area (Å²) >= 11 is 0. The maximum atomic E-state index is 13.0. The van der Waals surface area contributed by atoms with E-state index in [9.17, 15) is 9.18 Å². The van der Waals surface area contributed by atoms with Gasteiger partial charge in [-0.2, -0.15) is 10.2 Å². The van der Waals surface area contributed by atoms with Crippen molar-refractivity contribution >= 4 is 11.7 Å². The molecule has 6 nitrogen and oxygen atoms in total. The minimum absolute atomic E-state index is 0.287. The third-order valence-electron chi connectivity index (χ3n) is 3.28. The molecule has 0 fully saturated rings. The highest BCUT2D eigenvalue weighted by Gasteiger charge is 2.16. The molecule has 0 saturated carbocycles. The van der Waals surface area contributed by atoms with Crippen molar-refractivity contribution in [2.75, 3.05) is 5.32 Å². The molecule has 1 aromatic carbocycles. The Morgan fingerprint density at radius 2 is 1.95 bits per heavy atom. The van der Waals surface area contributed by atoms with Crippen LogP contribution in [0.2, 0.25) is 0 Å². The molecule has 7 heteroatoms. The van der Waals surface area contributed by atoms with Crippen LogP contribution in [0.25, 0.3) is 5.69 Å². The average molecular weight is 299 g/mol. The Morgan fingerprint density at radius 3 is 2.59 bits per heavy atom. The van der Waals surface area contributed by atoms with Crippen molar-refractivity contribution in [1.82, 2.24) is 19.6 Å². The van der Waals surface area contributed by atoms with Crippen LogP contribution in [0.3, 0.4) is 0 Å². The number of aromatic nitrogens is 4. The summed E-state index contributed by atoms with van der Waals surface area (Å²) in [6.45, 7) is 1.78. The van der Waals surface area contributed by atoms with Gasteiger partial charge >= 0.3 is 0 Å². The Kier molecular flexibility index (Phi) is 3.46. The lowest BCUT2D eigenvalue weighted by molar-refractivity contribution is 0.102. The van der Waals surface area contributed by atoms with Gasteiger partial charge in [0.2, 0.25) is 0 Å². The van der Waals surface area contributed by atoms with Crippen LogP contribution in [0.15, 0.2) is 42.7 Å². The number of carbonyl (C=O) groups is 1. The standard InChI is InChI=1S/C15H14FN5O/c1-10-13(15(22)18-14-7-8-20(2)19-14)9-17-21(10)12-5-3-11(16)4-6-12/h3-9H,1-2H3,(H,18,19,22). The van der Waals surface area contributed by atoms with Crippen LogP contribution in [0, 0.1) is 12.7 Å². The molecule has 3 rings (SSSR count). The van der Waals surface area contributed by atoms with Gasteiger partial charge in [-0.1, -0.05) is 0 Å². The normalized spacial score (nSPS) is 10.7. The number of aryl methyl sites for hydroxylation is 1. The molecule has 0 radical (unpaired) electrons. The first-order valence-electron chi connectivity index (χ1n) is 6.66. The molecule has 3 aromatic rings. The number of nitrogens with zero attached hydrogens (tertiary/aromatic N) is 4. The van der Waals surface area contributed by atoms with Gasteiger partial charge in [0.05, 0.1) is 23.1 Å². The van der Waals surface area contributed by atoms with Gasteiger partial charge in [-0.3, -0.25) is 9.48 Å². The zero-order valence-electron chi connectivity index (χ0n) is 12.1. The predicted molar refractivity (Wildman–Crippen MR) is 79.4 cm³/mol. The minimum Gasteiger partial charge on any atom is -0.305 e. The summed E-state index contributed by atoms with van der Waals surface area (Å²) in [7, 11) is 1.77. The zero-order chi connectivity index (χ0) is 15.7. The number of amides is 1. The molecule has 112 valence electrons. The van der Waals surface area contributed by atoms with E-state index >= 15 is 0 Å². The Balaban J connectivity index is 1.86. The molecule has 0 unspecified atom stereocenters. The number of hydrogen-bond acceptors (Lipinski definition) is 3. The highest BCUT2D eigenvalue weighted by Crippen LogP contribution is 2.16.